The summed E-state index contributed by atoms with van der Waals surface area (Å²) in [6.07, 6.45) is 0. The molecular weight excluding hydrogens is 322 g/mol. The number of hydrogen-bond donors (Lipinski definition) is 1. The molecule has 0 aliphatic carbocycles. The minimum Gasteiger partial charge on any atom is -0.478 e. The summed E-state index contributed by atoms with van der Waals surface area (Å²) in [5.74, 6) is -1.47. The summed E-state index contributed by atoms with van der Waals surface area (Å²) in [5, 5.41) is 9.27. The molecule has 0 radical (unpaired) electrons. The summed E-state index contributed by atoms with van der Waals surface area (Å²) in [6.45, 7) is 0. The number of benzene rings is 2. The van der Waals surface area contributed by atoms with E-state index < -0.39 is 11.8 Å². The Kier molecular flexibility index (Phi) is 3.68. The van der Waals surface area contributed by atoms with Gasteiger partial charge in [0.2, 0.25) is 0 Å². The molecule has 5 heteroatoms. The average molecular weight is 330 g/mol. The average Bonchev–Trinajstić information content (AvgIpc) is 2.30. The zero-order chi connectivity index (χ0) is 13.3. The maximum atomic E-state index is 12.9. The third-order valence-electron chi connectivity index (χ3n) is 2.44. The van der Waals surface area contributed by atoms with Gasteiger partial charge in [-0.25, -0.2) is 9.18 Å². The minimum absolute atomic E-state index is 0.132. The van der Waals surface area contributed by atoms with Gasteiger partial charge in [-0.2, -0.15) is 0 Å². The van der Waals surface area contributed by atoms with Crippen molar-refractivity contribution >= 4 is 33.5 Å². The lowest BCUT2D eigenvalue weighted by molar-refractivity contribution is 0.0696. The largest absolute Gasteiger partial charge is 0.478 e. The first-order chi connectivity index (χ1) is 8.49. The van der Waals surface area contributed by atoms with Crippen molar-refractivity contribution in [3.05, 3.63) is 57.3 Å². The first kappa shape index (κ1) is 13.1. The SMILES string of the molecule is O=C(O)c1cc(-c2ccc(F)cc2Cl)ccc1Br. The van der Waals surface area contributed by atoms with Gasteiger partial charge in [-0.15, -0.1) is 0 Å². The summed E-state index contributed by atoms with van der Waals surface area (Å²) >= 11 is 9.10. The highest BCUT2D eigenvalue weighted by Crippen LogP contribution is 2.31. The van der Waals surface area contributed by atoms with Crippen molar-refractivity contribution in [2.75, 3.05) is 0 Å². The monoisotopic (exact) mass is 328 g/mol. The first-order valence-corrected chi connectivity index (χ1v) is 6.14. The highest BCUT2D eigenvalue weighted by Gasteiger charge is 2.11. The summed E-state index contributed by atoms with van der Waals surface area (Å²) in [6, 6.07) is 8.83. The topological polar surface area (TPSA) is 37.3 Å². The predicted octanol–water partition coefficient (Wildman–Crippen LogP) is 4.61. The molecule has 0 atom stereocenters. The maximum Gasteiger partial charge on any atom is 0.336 e. The molecule has 2 aromatic carbocycles. The van der Waals surface area contributed by atoms with E-state index in [1.165, 1.54) is 24.3 Å². The van der Waals surface area contributed by atoms with Crippen molar-refractivity contribution < 1.29 is 14.3 Å². The molecule has 0 fully saturated rings. The molecule has 0 aliphatic heterocycles. The maximum absolute atomic E-state index is 12.9. The van der Waals surface area contributed by atoms with Crippen molar-refractivity contribution in [3.8, 4) is 11.1 Å². The quantitative estimate of drug-likeness (QED) is 0.874. The highest BCUT2D eigenvalue weighted by atomic mass is 79.9. The molecule has 0 saturated carbocycles. The van der Waals surface area contributed by atoms with Crippen LogP contribution in [0, 0.1) is 5.82 Å². The fourth-order valence-corrected chi connectivity index (χ4v) is 2.27. The number of carboxylic acid groups (broad SMARTS) is 1. The fraction of sp³-hybridized carbons (Fsp3) is 0. The third-order valence-corrected chi connectivity index (χ3v) is 3.44. The van der Waals surface area contributed by atoms with E-state index in [2.05, 4.69) is 15.9 Å². The van der Waals surface area contributed by atoms with Crippen LogP contribution >= 0.6 is 27.5 Å². The van der Waals surface area contributed by atoms with Gasteiger partial charge in [-0.1, -0.05) is 17.7 Å². The Labute approximate surface area is 116 Å². The van der Waals surface area contributed by atoms with Gasteiger partial charge in [-0.3, -0.25) is 0 Å². The van der Waals surface area contributed by atoms with Gasteiger partial charge in [0.25, 0.3) is 0 Å². The molecule has 0 unspecified atom stereocenters. The van der Waals surface area contributed by atoms with Crippen molar-refractivity contribution in [2.45, 2.75) is 0 Å². The molecular formula is C13H7BrClFO2. The van der Waals surface area contributed by atoms with Gasteiger partial charge >= 0.3 is 5.97 Å². The van der Waals surface area contributed by atoms with Gasteiger partial charge in [0.1, 0.15) is 5.82 Å². The van der Waals surface area contributed by atoms with Crippen molar-refractivity contribution in [3.63, 3.8) is 0 Å². The molecule has 2 aromatic rings. The molecule has 0 saturated heterocycles. The van der Waals surface area contributed by atoms with Gasteiger partial charge in [0, 0.05) is 10.0 Å². The standard InChI is InChI=1S/C13H7BrClFO2/c14-11-4-1-7(5-10(11)13(17)18)9-3-2-8(16)6-12(9)15/h1-6H,(H,17,18). The Morgan fingerprint density at radius 2 is 1.94 bits per heavy atom. The molecule has 0 aromatic heterocycles. The van der Waals surface area contributed by atoms with Crippen LogP contribution < -0.4 is 0 Å². The van der Waals surface area contributed by atoms with Gasteiger partial charge in [-0.05, 0) is 51.8 Å². The van der Waals surface area contributed by atoms with Gasteiger partial charge in [0.15, 0.2) is 0 Å². The number of aromatic carboxylic acids is 1. The van der Waals surface area contributed by atoms with E-state index >= 15 is 0 Å². The summed E-state index contributed by atoms with van der Waals surface area (Å²) < 4.78 is 13.4. The smallest absolute Gasteiger partial charge is 0.336 e. The van der Waals surface area contributed by atoms with Crippen molar-refractivity contribution in [2.24, 2.45) is 0 Å². The minimum atomic E-state index is -1.04. The van der Waals surface area contributed by atoms with E-state index in [9.17, 15) is 9.18 Å². The molecule has 92 valence electrons. The molecule has 2 rings (SSSR count). The van der Waals surface area contributed by atoms with Crippen molar-refractivity contribution in [1.82, 2.24) is 0 Å². The summed E-state index contributed by atoms with van der Waals surface area (Å²) in [5.41, 5.74) is 1.35. The second-order valence-electron chi connectivity index (χ2n) is 3.62. The highest BCUT2D eigenvalue weighted by molar-refractivity contribution is 9.10. The van der Waals surface area contributed by atoms with Crippen LogP contribution in [-0.4, -0.2) is 11.1 Å². The van der Waals surface area contributed by atoms with E-state index in [0.717, 1.165) is 0 Å². The van der Waals surface area contributed by atoms with Gasteiger partial charge in [0.05, 0.1) is 10.6 Å². The molecule has 0 aliphatic rings. The van der Waals surface area contributed by atoms with Crippen LogP contribution in [-0.2, 0) is 0 Å². The third kappa shape index (κ3) is 2.54. The number of hydrogen-bond acceptors (Lipinski definition) is 1. The number of carboxylic acids is 1. The Balaban J connectivity index is 2.58. The zero-order valence-electron chi connectivity index (χ0n) is 8.95. The van der Waals surface area contributed by atoms with Crippen LogP contribution in [0.25, 0.3) is 11.1 Å². The Morgan fingerprint density at radius 3 is 2.56 bits per heavy atom. The molecule has 2 nitrogen and oxygen atoms in total. The molecule has 0 spiro atoms. The van der Waals surface area contributed by atoms with Crippen LogP contribution in [0.2, 0.25) is 5.02 Å². The van der Waals surface area contributed by atoms with Crippen LogP contribution in [0.1, 0.15) is 10.4 Å². The van der Waals surface area contributed by atoms with Crippen LogP contribution in [0.4, 0.5) is 4.39 Å². The van der Waals surface area contributed by atoms with Gasteiger partial charge < -0.3 is 5.11 Å². The molecule has 0 bridgehead atoms. The second kappa shape index (κ2) is 5.08. The zero-order valence-corrected chi connectivity index (χ0v) is 11.3. The molecule has 0 amide bonds. The van der Waals surface area contributed by atoms with E-state index in [1.54, 1.807) is 12.1 Å². The normalized spacial score (nSPS) is 10.4. The Morgan fingerprint density at radius 1 is 1.22 bits per heavy atom. The predicted molar refractivity (Wildman–Crippen MR) is 71.5 cm³/mol. The lowest BCUT2D eigenvalue weighted by atomic mass is 10.0. The second-order valence-corrected chi connectivity index (χ2v) is 4.89. The van der Waals surface area contributed by atoms with E-state index in [0.29, 0.717) is 15.6 Å². The van der Waals surface area contributed by atoms with E-state index in [-0.39, 0.29) is 10.6 Å². The number of carbonyl (C=O) groups is 1. The number of rotatable bonds is 2. The summed E-state index contributed by atoms with van der Waals surface area (Å²) in [4.78, 5) is 11.0. The lowest BCUT2D eigenvalue weighted by Gasteiger charge is -2.07. The first-order valence-electron chi connectivity index (χ1n) is 4.97. The summed E-state index contributed by atoms with van der Waals surface area (Å²) in [7, 11) is 0. The molecule has 1 N–H and O–H groups in total. The van der Waals surface area contributed by atoms with E-state index in [4.69, 9.17) is 16.7 Å². The lowest BCUT2D eigenvalue weighted by Crippen LogP contribution is -1.98. The fourth-order valence-electron chi connectivity index (χ4n) is 1.58. The van der Waals surface area contributed by atoms with Crippen LogP contribution in [0.15, 0.2) is 40.9 Å². The Hall–Kier alpha value is -1.39. The number of halogens is 3. The van der Waals surface area contributed by atoms with Crippen LogP contribution in [0.3, 0.4) is 0 Å². The molecule has 18 heavy (non-hydrogen) atoms. The van der Waals surface area contributed by atoms with E-state index in [1.807, 2.05) is 0 Å². The molecule has 0 heterocycles. The Bertz CT molecular complexity index is 628. The van der Waals surface area contributed by atoms with Crippen LogP contribution in [0.5, 0.6) is 0 Å². The van der Waals surface area contributed by atoms with Crippen molar-refractivity contribution in [1.29, 1.82) is 0 Å².